The third-order valence-corrected chi connectivity index (χ3v) is 4.53. The van der Waals surface area contributed by atoms with Gasteiger partial charge in [-0.15, -0.1) is 0 Å². The summed E-state index contributed by atoms with van der Waals surface area (Å²) in [4.78, 5) is 6.70. The summed E-state index contributed by atoms with van der Waals surface area (Å²) in [7, 11) is 0. The summed E-state index contributed by atoms with van der Waals surface area (Å²) in [6, 6.07) is 6.62. The van der Waals surface area contributed by atoms with Crippen molar-refractivity contribution in [2.75, 3.05) is 4.93 Å². The van der Waals surface area contributed by atoms with Crippen LogP contribution in [0.1, 0.15) is 5.01 Å². The van der Waals surface area contributed by atoms with Gasteiger partial charge in [-0.05, 0) is 0 Å². The van der Waals surface area contributed by atoms with Gasteiger partial charge in [-0.2, -0.15) is 0 Å². The second-order valence-corrected chi connectivity index (χ2v) is 6.09. The number of thiazole rings is 1. The van der Waals surface area contributed by atoms with Crippen molar-refractivity contribution in [3.8, 4) is 0 Å². The minimum absolute atomic E-state index is 0.223. The zero-order chi connectivity index (χ0) is 8.55. The van der Waals surface area contributed by atoms with Crippen molar-refractivity contribution in [3.63, 3.8) is 0 Å². The Bertz CT molecular complexity index is 408. The second-order valence-electron chi connectivity index (χ2n) is 2.53. The molecule has 12 heavy (non-hydrogen) atoms. The average Bonchev–Trinajstić information content (AvgIpc) is 2.43. The van der Waals surface area contributed by atoms with Crippen molar-refractivity contribution in [2.45, 2.75) is 6.92 Å². The zero-order valence-electron chi connectivity index (χ0n) is 6.97. The van der Waals surface area contributed by atoms with Crippen molar-refractivity contribution >= 4 is 21.6 Å². The quantitative estimate of drug-likeness (QED) is 0.509. The van der Waals surface area contributed by atoms with Gasteiger partial charge in [0.25, 0.3) is 0 Å². The number of aromatic nitrogens is 1. The molecular weight excluding hydrogens is 281 g/mol. The molecular formula is C9H9INS-. The van der Waals surface area contributed by atoms with Crippen molar-refractivity contribution in [1.29, 1.82) is 0 Å². The zero-order valence-corrected chi connectivity index (χ0v) is 9.94. The van der Waals surface area contributed by atoms with E-state index >= 15 is 0 Å². The second kappa shape index (κ2) is 3.30. The summed E-state index contributed by atoms with van der Waals surface area (Å²) in [5, 5.41) is 1.16. The molecule has 0 aliphatic heterocycles. The Morgan fingerprint density at radius 2 is 2.25 bits per heavy atom. The molecule has 1 aromatic carbocycles. The molecule has 0 amide bonds. The van der Waals surface area contributed by atoms with Gasteiger partial charge in [0.05, 0.1) is 0 Å². The minimum atomic E-state index is 0.223. The fourth-order valence-electron chi connectivity index (χ4n) is 1.13. The van der Waals surface area contributed by atoms with Gasteiger partial charge in [0.15, 0.2) is 0 Å². The van der Waals surface area contributed by atoms with E-state index in [0.29, 0.717) is 0 Å². The van der Waals surface area contributed by atoms with Gasteiger partial charge in [0, 0.05) is 0 Å². The van der Waals surface area contributed by atoms with Crippen LogP contribution in [0.3, 0.4) is 0 Å². The van der Waals surface area contributed by atoms with Gasteiger partial charge in [0.1, 0.15) is 0 Å². The first-order chi connectivity index (χ1) is 5.79. The van der Waals surface area contributed by atoms with Crippen LogP contribution in [0.2, 0.25) is 0 Å². The maximum absolute atomic E-state index is 4.42. The molecule has 0 saturated carbocycles. The van der Waals surface area contributed by atoms with Crippen LogP contribution in [0.25, 0.3) is 10.2 Å². The number of hydrogen-bond donors (Lipinski definition) is 0. The molecule has 0 N–H and O–H groups in total. The number of hydrogen-bond acceptors (Lipinski definition) is 2. The fraction of sp³-hybridized carbons (Fsp3) is 0.222. The Kier molecular flexibility index (Phi) is 2.32. The Hall–Kier alpha value is -0.160. The molecule has 0 bridgehead atoms. The molecule has 3 heteroatoms. The molecule has 2 aromatic rings. The normalized spacial score (nSPS) is 11.2. The molecule has 1 heterocycles. The molecule has 0 atom stereocenters. The van der Waals surface area contributed by atoms with Crippen LogP contribution in [0, 0.1) is 10.5 Å². The van der Waals surface area contributed by atoms with Crippen LogP contribution in [-0.2, 0) is 0 Å². The predicted molar refractivity (Wildman–Crippen MR) is 49.0 cm³/mol. The summed E-state index contributed by atoms with van der Waals surface area (Å²) >= 11 is 2.01. The Balaban J connectivity index is 2.66. The monoisotopic (exact) mass is 290 g/mol. The number of benzene rings is 1. The maximum atomic E-state index is 4.42. The van der Waals surface area contributed by atoms with Crippen LogP contribution in [0.15, 0.2) is 18.2 Å². The topological polar surface area (TPSA) is 12.9 Å². The van der Waals surface area contributed by atoms with E-state index in [1.165, 1.54) is 8.27 Å². The first-order valence-electron chi connectivity index (χ1n) is 3.66. The molecule has 1 aromatic heterocycles. The number of aryl methyl sites for hydroxylation is 1. The number of fused-ring (bicyclic) bond motifs is 1. The Labute approximate surface area is 86.1 Å². The van der Waals surface area contributed by atoms with Crippen LogP contribution < -0.4 is 21.2 Å². The van der Waals surface area contributed by atoms with E-state index in [1.54, 1.807) is 11.3 Å². The Morgan fingerprint density at radius 3 is 3.00 bits per heavy atom. The fourth-order valence-corrected chi connectivity index (χ4v) is 3.37. The summed E-state index contributed by atoms with van der Waals surface area (Å²) in [5.74, 6) is 0. The molecule has 0 saturated heterocycles. The standard InChI is InChI=1S/C9H9INS/c1-6-11-8-4-3-7(10-2)5-9(8)12-6/h3-5H,1-2H3/q-1. The summed E-state index contributed by atoms with van der Waals surface area (Å²) in [6.07, 6.45) is 0. The number of halogens is 1. The van der Waals surface area contributed by atoms with Crippen LogP contribution >= 0.6 is 11.3 Å². The molecule has 0 spiro atoms. The van der Waals surface area contributed by atoms with E-state index in [9.17, 15) is 0 Å². The molecule has 0 unspecified atom stereocenters. The van der Waals surface area contributed by atoms with Crippen molar-refractivity contribution in [2.24, 2.45) is 0 Å². The Morgan fingerprint density at radius 1 is 1.42 bits per heavy atom. The number of nitrogens with zero attached hydrogens (tertiary/aromatic N) is 1. The summed E-state index contributed by atoms with van der Waals surface area (Å²) in [6.45, 7) is 2.06. The van der Waals surface area contributed by atoms with E-state index in [0.717, 1.165) is 10.5 Å². The molecule has 0 aliphatic carbocycles. The van der Waals surface area contributed by atoms with Gasteiger partial charge in [-0.25, -0.2) is 0 Å². The third kappa shape index (κ3) is 1.47. The first-order valence-corrected chi connectivity index (χ1v) is 7.71. The average molecular weight is 290 g/mol. The molecule has 0 radical (unpaired) electrons. The molecule has 64 valence electrons. The van der Waals surface area contributed by atoms with Gasteiger partial charge in [-0.3, -0.25) is 0 Å². The van der Waals surface area contributed by atoms with Gasteiger partial charge >= 0.3 is 86.4 Å². The predicted octanol–water partition coefficient (Wildman–Crippen LogP) is -0.507. The van der Waals surface area contributed by atoms with Crippen molar-refractivity contribution in [3.05, 3.63) is 26.8 Å². The SMILES string of the molecule is C[I-]c1ccc2nc(C)sc2c1. The van der Waals surface area contributed by atoms with E-state index in [4.69, 9.17) is 0 Å². The van der Waals surface area contributed by atoms with E-state index in [-0.39, 0.29) is 21.2 Å². The van der Waals surface area contributed by atoms with Crippen LogP contribution in [-0.4, -0.2) is 9.91 Å². The van der Waals surface area contributed by atoms with Crippen molar-refractivity contribution < 1.29 is 21.2 Å². The molecule has 1 nitrogen and oxygen atoms in total. The van der Waals surface area contributed by atoms with E-state index in [1.807, 2.05) is 0 Å². The number of alkyl halides is 1. The summed E-state index contributed by atoms with van der Waals surface area (Å²) in [5.41, 5.74) is 1.15. The summed E-state index contributed by atoms with van der Waals surface area (Å²) < 4.78 is 2.84. The van der Waals surface area contributed by atoms with E-state index in [2.05, 4.69) is 35.0 Å². The molecule has 0 fully saturated rings. The van der Waals surface area contributed by atoms with Gasteiger partial charge in [-0.1, -0.05) is 0 Å². The first kappa shape index (κ1) is 8.44. The van der Waals surface area contributed by atoms with Gasteiger partial charge in [0.2, 0.25) is 0 Å². The third-order valence-electron chi connectivity index (χ3n) is 1.68. The van der Waals surface area contributed by atoms with Crippen molar-refractivity contribution in [1.82, 2.24) is 4.98 Å². The van der Waals surface area contributed by atoms with Crippen LogP contribution in [0.5, 0.6) is 0 Å². The molecule has 0 aliphatic rings. The van der Waals surface area contributed by atoms with Crippen LogP contribution in [0.4, 0.5) is 0 Å². The van der Waals surface area contributed by atoms with Gasteiger partial charge < -0.3 is 0 Å². The van der Waals surface area contributed by atoms with E-state index < -0.39 is 0 Å². The number of rotatable bonds is 1. The molecule has 2 rings (SSSR count).